The second-order valence-corrected chi connectivity index (χ2v) is 6.02. The number of nitrogens with zero attached hydrogens (tertiary/aromatic N) is 1. The molecule has 0 radical (unpaired) electrons. The summed E-state index contributed by atoms with van der Waals surface area (Å²) in [6.07, 6.45) is 0.477. The molecule has 2 heterocycles. The number of thiophene rings is 1. The van der Waals surface area contributed by atoms with Crippen molar-refractivity contribution in [3.8, 4) is 11.8 Å². The molecule has 1 aromatic rings. The number of thioether (sulfide) groups is 1. The molecule has 1 aromatic heterocycles. The van der Waals surface area contributed by atoms with E-state index in [1.807, 2.05) is 28.1 Å². The van der Waals surface area contributed by atoms with Crippen molar-refractivity contribution in [2.24, 2.45) is 0 Å². The topological polar surface area (TPSA) is 40.5 Å². The van der Waals surface area contributed by atoms with Crippen LogP contribution in [-0.2, 0) is 0 Å². The van der Waals surface area contributed by atoms with Crippen LogP contribution in [0.25, 0.3) is 0 Å². The third-order valence-corrected chi connectivity index (χ3v) is 4.38. The fourth-order valence-electron chi connectivity index (χ4n) is 1.67. The summed E-state index contributed by atoms with van der Waals surface area (Å²) >= 11 is 3.38. The molecular formula is C13H15NO2S2. The van der Waals surface area contributed by atoms with Crippen LogP contribution >= 0.6 is 23.1 Å². The first-order chi connectivity index (χ1) is 8.81. The second-order valence-electron chi connectivity index (χ2n) is 3.88. The number of amides is 1. The monoisotopic (exact) mass is 281 g/mol. The Balaban J connectivity index is 2.01. The Bertz CT molecular complexity index is 467. The third kappa shape index (κ3) is 3.52. The Hall–Kier alpha value is -0.960. The fraction of sp³-hybridized carbons (Fsp3) is 0.462. The quantitative estimate of drug-likeness (QED) is 0.838. The minimum atomic E-state index is 0.0790. The molecule has 1 N–H and O–H groups in total. The normalized spacial score (nSPS) is 15.1. The Kier molecular flexibility index (Phi) is 5.12. The molecular weight excluding hydrogens is 266 g/mol. The zero-order valence-electron chi connectivity index (χ0n) is 10.0. The van der Waals surface area contributed by atoms with Crippen molar-refractivity contribution in [3.05, 3.63) is 21.9 Å². The highest BCUT2D eigenvalue weighted by Crippen LogP contribution is 2.18. The van der Waals surface area contributed by atoms with Crippen molar-refractivity contribution in [2.75, 3.05) is 31.2 Å². The van der Waals surface area contributed by atoms with E-state index < -0.39 is 0 Å². The van der Waals surface area contributed by atoms with Gasteiger partial charge in [0.25, 0.3) is 5.91 Å². The largest absolute Gasteiger partial charge is 0.395 e. The van der Waals surface area contributed by atoms with Crippen molar-refractivity contribution in [2.45, 2.75) is 6.42 Å². The zero-order chi connectivity index (χ0) is 12.8. The van der Waals surface area contributed by atoms with Crippen LogP contribution in [0.4, 0.5) is 0 Å². The number of carbonyl (C=O) groups excluding carboxylic acids is 1. The molecule has 2 rings (SSSR count). The van der Waals surface area contributed by atoms with E-state index in [0.717, 1.165) is 35.0 Å². The summed E-state index contributed by atoms with van der Waals surface area (Å²) in [5, 5.41) is 10.5. The van der Waals surface area contributed by atoms with Crippen LogP contribution in [0.1, 0.15) is 21.7 Å². The van der Waals surface area contributed by atoms with Crippen LogP contribution in [0.15, 0.2) is 11.4 Å². The molecule has 1 aliphatic rings. The second kappa shape index (κ2) is 6.83. The number of carbonyl (C=O) groups is 1. The van der Waals surface area contributed by atoms with Crippen LogP contribution in [0.2, 0.25) is 0 Å². The first-order valence-corrected chi connectivity index (χ1v) is 7.90. The predicted octanol–water partition coefficient (Wildman–Crippen LogP) is 1.67. The highest BCUT2D eigenvalue weighted by Gasteiger charge is 2.19. The van der Waals surface area contributed by atoms with E-state index in [9.17, 15) is 4.79 Å². The van der Waals surface area contributed by atoms with Gasteiger partial charge in [0.05, 0.1) is 17.0 Å². The third-order valence-electron chi connectivity index (χ3n) is 2.59. The van der Waals surface area contributed by atoms with Crippen molar-refractivity contribution in [1.82, 2.24) is 4.90 Å². The van der Waals surface area contributed by atoms with Crippen LogP contribution in [-0.4, -0.2) is 47.1 Å². The van der Waals surface area contributed by atoms with Gasteiger partial charge in [-0.2, -0.15) is 11.8 Å². The summed E-state index contributed by atoms with van der Waals surface area (Å²) in [4.78, 5) is 15.0. The van der Waals surface area contributed by atoms with Crippen molar-refractivity contribution in [1.29, 1.82) is 0 Å². The molecule has 5 heteroatoms. The van der Waals surface area contributed by atoms with E-state index in [4.69, 9.17) is 5.11 Å². The summed E-state index contributed by atoms with van der Waals surface area (Å²) in [6, 6.07) is 1.85. The molecule has 0 spiro atoms. The summed E-state index contributed by atoms with van der Waals surface area (Å²) in [5.74, 6) is 7.99. The average Bonchev–Trinajstić information content (AvgIpc) is 2.88. The SMILES string of the molecule is O=C(c1csc(C#CCCO)c1)N1CCSCC1. The molecule has 0 aromatic carbocycles. The molecule has 1 amide bonds. The lowest BCUT2D eigenvalue weighted by Crippen LogP contribution is -2.37. The van der Waals surface area contributed by atoms with Crippen LogP contribution in [0.5, 0.6) is 0 Å². The molecule has 0 saturated carbocycles. The highest BCUT2D eigenvalue weighted by molar-refractivity contribution is 7.99. The first-order valence-electron chi connectivity index (χ1n) is 5.86. The Morgan fingerprint density at radius 3 is 2.94 bits per heavy atom. The number of aliphatic hydroxyl groups excluding tert-OH is 1. The highest BCUT2D eigenvalue weighted by atomic mass is 32.2. The number of aliphatic hydroxyl groups is 1. The molecule has 18 heavy (non-hydrogen) atoms. The van der Waals surface area contributed by atoms with Gasteiger partial charge in [-0.05, 0) is 6.07 Å². The molecule has 1 fully saturated rings. The van der Waals surface area contributed by atoms with Crippen molar-refractivity contribution < 1.29 is 9.90 Å². The molecule has 0 aliphatic carbocycles. The van der Waals surface area contributed by atoms with Gasteiger partial charge in [-0.1, -0.05) is 11.8 Å². The van der Waals surface area contributed by atoms with E-state index in [-0.39, 0.29) is 12.5 Å². The van der Waals surface area contributed by atoms with Crippen molar-refractivity contribution >= 4 is 29.0 Å². The van der Waals surface area contributed by atoms with Gasteiger partial charge in [0, 0.05) is 36.4 Å². The van der Waals surface area contributed by atoms with Crippen LogP contribution in [0.3, 0.4) is 0 Å². The van der Waals surface area contributed by atoms with E-state index in [1.54, 1.807) is 0 Å². The number of hydrogen-bond donors (Lipinski definition) is 1. The molecule has 1 saturated heterocycles. The Morgan fingerprint density at radius 1 is 1.44 bits per heavy atom. The first kappa shape index (κ1) is 13.5. The van der Waals surface area contributed by atoms with Gasteiger partial charge >= 0.3 is 0 Å². The van der Waals surface area contributed by atoms with Gasteiger partial charge < -0.3 is 10.0 Å². The molecule has 0 atom stereocenters. The van der Waals surface area contributed by atoms with Crippen LogP contribution < -0.4 is 0 Å². The summed E-state index contributed by atoms with van der Waals surface area (Å²) in [7, 11) is 0. The molecule has 3 nitrogen and oxygen atoms in total. The predicted molar refractivity (Wildman–Crippen MR) is 76.1 cm³/mol. The molecule has 0 bridgehead atoms. The van der Waals surface area contributed by atoms with Gasteiger partial charge in [0.15, 0.2) is 0 Å². The zero-order valence-corrected chi connectivity index (χ0v) is 11.6. The lowest BCUT2D eigenvalue weighted by atomic mass is 10.2. The van der Waals surface area contributed by atoms with Crippen molar-refractivity contribution in [3.63, 3.8) is 0 Å². The van der Waals surface area contributed by atoms with E-state index >= 15 is 0 Å². The maximum atomic E-state index is 12.2. The fourth-order valence-corrected chi connectivity index (χ4v) is 3.32. The lowest BCUT2D eigenvalue weighted by molar-refractivity contribution is 0.0773. The molecule has 96 valence electrons. The average molecular weight is 281 g/mol. The van der Waals surface area contributed by atoms with Gasteiger partial charge in [-0.3, -0.25) is 4.79 Å². The van der Waals surface area contributed by atoms with Gasteiger partial charge in [-0.25, -0.2) is 0 Å². The van der Waals surface area contributed by atoms with Crippen LogP contribution in [0, 0.1) is 11.8 Å². The van der Waals surface area contributed by atoms with Gasteiger partial charge in [0.1, 0.15) is 0 Å². The van der Waals surface area contributed by atoms with E-state index in [0.29, 0.717) is 6.42 Å². The lowest BCUT2D eigenvalue weighted by Gasteiger charge is -2.25. The Labute approximate surface area is 115 Å². The molecule has 0 unspecified atom stereocenters. The number of rotatable bonds is 2. The van der Waals surface area contributed by atoms with Gasteiger partial charge in [-0.15, -0.1) is 11.3 Å². The summed E-state index contributed by atoms with van der Waals surface area (Å²) < 4.78 is 0. The van der Waals surface area contributed by atoms with E-state index in [2.05, 4.69) is 11.8 Å². The standard InChI is InChI=1S/C13H15NO2S2/c15-6-2-1-3-12-9-11(10-18-12)13(16)14-4-7-17-8-5-14/h9-10,15H,2,4-8H2. The summed E-state index contributed by atoms with van der Waals surface area (Å²) in [5.41, 5.74) is 0.736. The Morgan fingerprint density at radius 2 is 2.22 bits per heavy atom. The minimum Gasteiger partial charge on any atom is -0.395 e. The molecule has 1 aliphatic heterocycles. The maximum absolute atomic E-state index is 12.2. The maximum Gasteiger partial charge on any atom is 0.254 e. The van der Waals surface area contributed by atoms with Gasteiger partial charge in [0.2, 0.25) is 0 Å². The number of hydrogen-bond acceptors (Lipinski definition) is 4. The smallest absolute Gasteiger partial charge is 0.254 e. The minimum absolute atomic E-state index is 0.0790. The summed E-state index contributed by atoms with van der Waals surface area (Å²) in [6.45, 7) is 1.76. The van der Waals surface area contributed by atoms with E-state index in [1.165, 1.54) is 11.3 Å².